The molecule has 1 aliphatic heterocycles. The topological polar surface area (TPSA) is 18.5 Å². The first-order chi connectivity index (χ1) is 6.90. The number of allylic oxidation sites excluding steroid dienone is 1. The molecule has 14 heavy (non-hydrogen) atoms. The molecule has 1 heterocycles. The molecule has 0 aliphatic carbocycles. The first-order valence-corrected chi connectivity index (χ1v) is 7.95. The maximum absolute atomic E-state index is 5.22. The van der Waals surface area contributed by atoms with Gasteiger partial charge in [0.2, 0.25) is 6.79 Å². The minimum absolute atomic E-state index is 0.330. The van der Waals surface area contributed by atoms with Crippen molar-refractivity contribution in [2.75, 3.05) is 6.79 Å². The van der Waals surface area contributed by atoms with Gasteiger partial charge in [0.25, 0.3) is 0 Å². The molecule has 0 bridgehead atoms. The number of benzene rings is 1. The van der Waals surface area contributed by atoms with Gasteiger partial charge >= 0.3 is 27.0 Å². The van der Waals surface area contributed by atoms with Crippen LogP contribution in [0.1, 0.15) is 5.56 Å². The van der Waals surface area contributed by atoms with E-state index in [9.17, 15) is 0 Å². The third kappa shape index (κ3) is 2.73. The second kappa shape index (κ2) is 6.05. The first-order valence-electron chi connectivity index (χ1n) is 4.05. The molecule has 70 valence electrons. The van der Waals surface area contributed by atoms with Gasteiger partial charge in [-0.3, -0.25) is 6.58 Å². The molecule has 0 fully saturated rings. The Kier molecular flexibility index (Phi) is 4.99. The molecule has 1 aromatic carbocycles. The quantitative estimate of drug-likeness (QED) is 0.602. The van der Waals surface area contributed by atoms with Crippen molar-refractivity contribution in [3.8, 4) is 11.5 Å². The zero-order chi connectivity index (χ0) is 10.4. The van der Waals surface area contributed by atoms with Gasteiger partial charge in [0.15, 0.2) is 11.5 Å². The van der Waals surface area contributed by atoms with Crippen LogP contribution in [0.5, 0.6) is 11.5 Å². The second-order valence-corrected chi connectivity index (χ2v) is 2.61. The van der Waals surface area contributed by atoms with E-state index in [1.54, 1.807) is 0 Å². The van der Waals surface area contributed by atoms with E-state index in [2.05, 4.69) is 12.7 Å². The van der Waals surface area contributed by atoms with E-state index in [0.717, 1.165) is 40.8 Å². The van der Waals surface area contributed by atoms with Crippen LogP contribution in [0.2, 0.25) is 0 Å². The fraction of sp³-hybridized carbons (Fsp3) is 0.200. The van der Waals surface area contributed by atoms with Crippen LogP contribution >= 0.6 is 9.69 Å². The average Bonchev–Trinajstić information content (AvgIpc) is 2.68. The monoisotopic (exact) mass is 260 g/mol. The van der Waals surface area contributed by atoms with Crippen LogP contribution in [-0.4, -0.2) is 6.79 Å². The Balaban J connectivity index is 0.000000461. The summed E-state index contributed by atoms with van der Waals surface area (Å²) in [6.45, 7) is 3.88. The Morgan fingerprint density at radius 2 is 2.07 bits per heavy atom. The predicted octanol–water partition coefficient (Wildman–Crippen LogP) is 2.63. The van der Waals surface area contributed by atoms with Crippen molar-refractivity contribution in [2.24, 2.45) is 0 Å². The third-order valence-electron chi connectivity index (χ3n) is 1.77. The van der Waals surface area contributed by atoms with E-state index in [-0.39, 0.29) is 0 Å². The number of hydrogen-bond acceptors (Lipinski definition) is 2. The molecule has 2 rings (SSSR count). The van der Waals surface area contributed by atoms with Crippen LogP contribution in [0.15, 0.2) is 24.8 Å². The molecule has 0 saturated heterocycles. The van der Waals surface area contributed by atoms with Gasteiger partial charge in [0.05, 0.1) is 0 Å². The van der Waals surface area contributed by atoms with E-state index in [0.29, 0.717) is 6.79 Å². The molecule has 0 spiro atoms. The summed E-state index contributed by atoms with van der Waals surface area (Å²) in [5.74, 6) is 1.64. The van der Waals surface area contributed by atoms with Gasteiger partial charge < -0.3 is 15.5 Å². The van der Waals surface area contributed by atoms with Crippen molar-refractivity contribution in [3.05, 3.63) is 36.4 Å². The molecule has 1 aliphatic rings. The molecular formula is C10H9ClO2Zn. The molecule has 2 nitrogen and oxygen atoms in total. The summed E-state index contributed by atoms with van der Waals surface area (Å²) in [4.78, 5) is 0. The van der Waals surface area contributed by atoms with Crippen LogP contribution in [0.4, 0.5) is 0 Å². The third-order valence-corrected chi connectivity index (χ3v) is 1.77. The Labute approximate surface area is 97.6 Å². The van der Waals surface area contributed by atoms with Crippen molar-refractivity contribution in [1.29, 1.82) is 0 Å². The summed E-state index contributed by atoms with van der Waals surface area (Å²) in [5, 5.41) is 0. The molecule has 0 aromatic heterocycles. The van der Waals surface area contributed by atoms with Gasteiger partial charge in [-0.25, -0.2) is 0 Å². The fourth-order valence-electron chi connectivity index (χ4n) is 1.20. The van der Waals surface area contributed by atoms with Crippen LogP contribution in [0, 0.1) is 6.08 Å². The fourth-order valence-corrected chi connectivity index (χ4v) is 1.20. The molecule has 1 aromatic rings. The van der Waals surface area contributed by atoms with Gasteiger partial charge in [-0.05, 0) is 12.1 Å². The number of fused-ring (bicyclic) bond motifs is 1. The summed E-state index contributed by atoms with van der Waals surface area (Å²) in [6, 6.07) is 5.86. The van der Waals surface area contributed by atoms with Crippen molar-refractivity contribution in [1.82, 2.24) is 0 Å². The van der Waals surface area contributed by atoms with E-state index in [4.69, 9.17) is 19.2 Å². The molecule has 0 N–H and O–H groups in total. The minimum atomic E-state index is 0.330. The van der Waals surface area contributed by atoms with Crippen molar-refractivity contribution < 1.29 is 26.8 Å². The van der Waals surface area contributed by atoms with Gasteiger partial charge in [-0.1, -0.05) is 11.6 Å². The molecule has 0 amide bonds. The zero-order valence-corrected chi connectivity index (χ0v) is 11.5. The van der Waals surface area contributed by atoms with E-state index >= 15 is 0 Å². The van der Waals surface area contributed by atoms with Gasteiger partial charge in [0.1, 0.15) is 0 Å². The van der Waals surface area contributed by atoms with Crippen LogP contribution in [0.3, 0.4) is 0 Å². The van der Waals surface area contributed by atoms with Crippen LogP contribution in [0.25, 0.3) is 0 Å². The maximum atomic E-state index is 5.22. The van der Waals surface area contributed by atoms with Gasteiger partial charge in [0, 0.05) is 0 Å². The Bertz CT molecular complexity index is 315. The molecular weight excluding hydrogens is 253 g/mol. The summed E-state index contributed by atoms with van der Waals surface area (Å²) >= 11 is 0.847. The van der Waals surface area contributed by atoms with Gasteiger partial charge in [-0.15, -0.1) is 0 Å². The Morgan fingerprint density at radius 3 is 2.79 bits per heavy atom. The van der Waals surface area contributed by atoms with Crippen molar-refractivity contribution >= 4 is 9.69 Å². The normalized spacial score (nSPS) is 11.6. The molecule has 4 heteroatoms. The number of hydrogen-bond donors (Lipinski definition) is 0. The van der Waals surface area contributed by atoms with Crippen LogP contribution in [-0.2, 0) is 23.7 Å². The standard InChI is InChI=1S/C10H9O2.ClH.Zn/c1-2-3-8-4-5-9-10(6-8)12-7-11-9;;/h4-6H,1,3,7H2;1H;/q-1;;+2/p-1. The predicted molar refractivity (Wildman–Crippen MR) is 51.0 cm³/mol. The van der Waals surface area contributed by atoms with E-state index in [1.807, 2.05) is 18.2 Å². The summed E-state index contributed by atoms with van der Waals surface area (Å²) in [5.41, 5.74) is 1.15. The van der Waals surface area contributed by atoms with Gasteiger partial charge in [-0.2, -0.15) is 6.42 Å². The van der Waals surface area contributed by atoms with E-state index in [1.165, 1.54) is 0 Å². The Hall–Kier alpha value is -0.527. The summed E-state index contributed by atoms with van der Waals surface area (Å²) < 4.78 is 10.4. The average molecular weight is 262 g/mol. The van der Waals surface area contributed by atoms with E-state index < -0.39 is 0 Å². The Morgan fingerprint density at radius 1 is 1.36 bits per heavy atom. The first kappa shape index (κ1) is 11.5. The summed E-state index contributed by atoms with van der Waals surface area (Å²) in [6.07, 6.45) is 3.58. The molecule has 0 unspecified atom stereocenters. The molecule has 0 atom stereocenters. The second-order valence-electron chi connectivity index (χ2n) is 2.61. The number of ether oxygens (including phenoxy) is 2. The number of halogens is 1. The van der Waals surface area contributed by atoms with Crippen molar-refractivity contribution in [3.63, 3.8) is 0 Å². The molecule has 0 saturated carbocycles. The van der Waals surface area contributed by atoms with Crippen LogP contribution < -0.4 is 9.47 Å². The summed E-state index contributed by atoms with van der Waals surface area (Å²) in [7, 11) is 4.76. The zero-order valence-electron chi connectivity index (χ0n) is 7.75. The molecule has 0 radical (unpaired) electrons. The SMILES string of the molecule is C=[C-]Cc1ccc2c(c1)OCO2.[Cl][Zn+]. The van der Waals surface area contributed by atoms with Crippen molar-refractivity contribution in [2.45, 2.75) is 6.42 Å². The number of rotatable bonds is 2.